The third-order valence-corrected chi connectivity index (χ3v) is 5.50. The van der Waals surface area contributed by atoms with Crippen molar-refractivity contribution in [3.8, 4) is 5.75 Å². The Balaban J connectivity index is 2.18. The summed E-state index contributed by atoms with van der Waals surface area (Å²) in [4.78, 5) is 25.8. The lowest BCUT2D eigenvalue weighted by molar-refractivity contribution is 0.0275. The van der Waals surface area contributed by atoms with Gasteiger partial charge in [0.2, 0.25) is 10.0 Å². The molecule has 1 heterocycles. The van der Waals surface area contributed by atoms with E-state index in [1.54, 1.807) is 31.7 Å². The molecule has 1 aliphatic rings. The van der Waals surface area contributed by atoms with Crippen molar-refractivity contribution in [2.75, 3.05) is 37.8 Å². The fourth-order valence-electron chi connectivity index (χ4n) is 2.82. The first kappa shape index (κ1) is 22.8. The van der Waals surface area contributed by atoms with Gasteiger partial charge in [0.15, 0.2) is 0 Å². The predicted octanol–water partition coefficient (Wildman–Crippen LogP) is 2.26. The van der Waals surface area contributed by atoms with E-state index in [0.717, 1.165) is 10.6 Å². The van der Waals surface area contributed by atoms with Gasteiger partial charge >= 0.3 is 12.1 Å². The number of rotatable bonds is 5. The number of benzene rings is 1. The molecule has 1 aromatic carbocycles. The van der Waals surface area contributed by atoms with Crippen LogP contribution in [-0.4, -0.2) is 70.6 Å². The molecule has 0 N–H and O–H groups in total. The van der Waals surface area contributed by atoms with E-state index in [0.29, 0.717) is 25.3 Å². The van der Waals surface area contributed by atoms with E-state index in [9.17, 15) is 18.0 Å². The molecule has 10 heteroatoms. The quantitative estimate of drug-likeness (QED) is 0.663. The van der Waals surface area contributed by atoms with Crippen LogP contribution >= 0.6 is 0 Å². The van der Waals surface area contributed by atoms with Gasteiger partial charge < -0.3 is 19.1 Å². The third-order valence-electron chi connectivity index (χ3n) is 4.31. The van der Waals surface area contributed by atoms with E-state index >= 15 is 0 Å². The molecule has 1 amide bonds. The van der Waals surface area contributed by atoms with Crippen molar-refractivity contribution in [1.82, 2.24) is 4.90 Å². The highest BCUT2D eigenvalue weighted by Crippen LogP contribution is 2.29. The Bertz CT molecular complexity index is 877. The highest BCUT2D eigenvalue weighted by molar-refractivity contribution is 7.92. The van der Waals surface area contributed by atoms with E-state index in [1.807, 2.05) is 0 Å². The zero-order valence-corrected chi connectivity index (χ0v) is 18.4. The van der Waals surface area contributed by atoms with Crippen LogP contribution in [0.15, 0.2) is 18.2 Å². The Morgan fingerprint density at radius 1 is 1.24 bits per heavy atom. The minimum atomic E-state index is -3.60. The fraction of sp³-hybridized carbons (Fsp3) is 0.579. The predicted molar refractivity (Wildman–Crippen MR) is 108 cm³/mol. The van der Waals surface area contributed by atoms with Gasteiger partial charge in [-0.25, -0.2) is 18.0 Å². The zero-order chi connectivity index (χ0) is 22.0. The molecule has 1 aliphatic heterocycles. The first-order chi connectivity index (χ1) is 13.3. The molecule has 0 radical (unpaired) electrons. The van der Waals surface area contributed by atoms with Gasteiger partial charge in [-0.3, -0.25) is 4.31 Å². The maximum atomic E-state index is 12.2. The van der Waals surface area contributed by atoms with Crippen LogP contribution in [0, 0.1) is 0 Å². The average Bonchev–Trinajstić information content (AvgIpc) is 3.06. The van der Waals surface area contributed by atoms with Gasteiger partial charge in [-0.2, -0.15) is 0 Å². The monoisotopic (exact) mass is 428 g/mol. The first-order valence-corrected chi connectivity index (χ1v) is 11.0. The molecule has 1 unspecified atom stereocenters. The summed E-state index contributed by atoms with van der Waals surface area (Å²) >= 11 is 0. The molecule has 2 rings (SSSR count). The molecule has 0 saturated carbocycles. The van der Waals surface area contributed by atoms with E-state index in [2.05, 4.69) is 0 Å². The number of carbonyl (C=O) groups is 2. The summed E-state index contributed by atoms with van der Waals surface area (Å²) in [5, 5.41) is 0. The fourth-order valence-corrected chi connectivity index (χ4v) is 3.32. The summed E-state index contributed by atoms with van der Waals surface area (Å²) in [5.74, 6) is -0.266. The number of nitrogens with zero attached hydrogens (tertiary/aromatic N) is 2. The number of amides is 1. The molecule has 1 fully saturated rings. The minimum Gasteiger partial charge on any atom is -0.488 e. The van der Waals surface area contributed by atoms with Crippen molar-refractivity contribution in [3.63, 3.8) is 0 Å². The average molecular weight is 429 g/mol. The molecule has 162 valence electrons. The van der Waals surface area contributed by atoms with Gasteiger partial charge in [0.05, 0.1) is 31.2 Å². The SMILES string of the molecule is COC(=O)c1ccc(OC2CCN(C(=O)OC(C)(C)C)C2)cc1N(C)S(C)(=O)=O. The molecule has 9 nitrogen and oxygen atoms in total. The van der Waals surface area contributed by atoms with Crippen LogP contribution in [0.25, 0.3) is 0 Å². The molecular weight excluding hydrogens is 400 g/mol. The van der Waals surface area contributed by atoms with Gasteiger partial charge in [-0.15, -0.1) is 0 Å². The van der Waals surface area contributed by atoms with Gasteiger partial charge in [-0.05, 0) is 32.9 Å². The number of sulfonamides is 1. The maximum absolute atomic E-state index is 12.2. The van der Waals surface area contributed by atoms with Crippen molar-refractivity contribution in [3.05, 3.63) is 23.8 Å². The van der Waals surface area contributed by atoms with Crippen LogP contribution in [0.1, 0.15) is 37.6 Å². The Morgan fingerprint density at radius 2 is 1.90 bits per heavy atom. The number of hydrogen-bond donors (Lipinski definition) is 0. The molecule has 0 aliphatic carbocycles. The lowest BCUT2D eigenvalue weighted by atomic mass is 10.1. The molecule has 0 bridgehead atoms. The molecule has 0 aromatic heterocycles. The third kappa shape index (κ3) is 5.99. The van der Waals surface area contributed by atoms with E-state index in [1.165, 1.54) is 26.3 Å². The zero-order valence-electron chi connectivity index (χ0n) is 17.6. The summed E-state index contributed by atoms with van der Waals surface area (Å²) < 4.78 is 40.9. The number of carbonyl (C=O) groups excluding carboxylic acids is 2. The largest absolute Gasteiger partial charge is 0.488 e. The number of anilines is 1. The summed E-state index contributed by atoms with van der Waals surface area (Å²) in [6.07, 6.45) is 0.969. The smallest absolute Gasteiger partial charge is 0.410 e. The summed E-state index contributed by atoms with van der Waals surface area (Å²) in [6, 6.07) is 4.50. The topological polar surface area (TPSA) is 102 Å². The standard InChI is InChI=1S/C19H28N2O7S/c1-19(2,3)28-18(23)21-10-9-14(12-21)27-13-7-8-15(17(22)26-5)16(11-13)20(4)29(6,24)25/h7-8,11,14H,9-10,12H2,1-6H3. The van der Waals surface area contributed by atoms with Crippen molar-refractivity contribution in [2.24, 2.45) is 0 Å². The molecule has 29 heavy (non-hydrogen) atoms. The number of ether oxygens (including phenoxy) is 3. The van der Waals surface area contributed by atoms with Crippen LogP contribution in [0.2, 0.25) is 0 Å². The molecule has 1 aromatic rings. The van der Waals surface area contributed by atoms with Gasteiger partial charge in [-0.1, -0.05) is 0 Å². The molecule has 1 saturated heterocycles. The Morgan fingerprint density at radius 3 is 2.45 bits per heavy atom. The van der Waals surface area contributed by atoms with Crippen molar-refractivity contribution in [2.45, 2.75) is 38.9 Å². The summed E-state index contributed by atoms with van der Waals surface area (Å²) in [5.41, 5.74) is -0.321. The lowest BCUT2D eigenvalue weighted by Gasteiger charge is -2.24. The second-order valence-corrected chi connectivity index (χ2v) is 9.87. The van der Waals surface area contributed by atoms with Crippen molar-refractivity contribution >= 4 is 27.8 Å². The van der Waals surface area contributed by atoms with Crippen LogP contribution < -0.4 is 9.04 Å². The van der Waals surface area contributed by atoms with E-state index < -0.39 is 27.7 Å². The van der Waals surface area contributed by atoms with Gasteiger partial charge in [0.1, 0.15) is 17.5 Å². The van der Waals surface area contributed by atoms with Crippen LogP contribution in [0.5, 0.6) is 5.75 Å². The maximum Gasteiger partial charge on any atom is 0.410 e. The van der Waals surface area contributed by atoms with Gasteiger partial charge in [0.25, 0.3) is 0 Å². The minimum absolute atomic E-state index is 0.106. The normalized spacial score (nSPS) is 17.0. The van der Waals surface area contributed by atoms with Gasteiger partial charge in [0, 0.05) is 26.1 Å². The number of likely N-dealkylation sites (tertiary alicyclic amines) is 1. The molecule has 0 spiro atoms. The summed E-state index contributed by atoms with van der Waals surface area (Å²) in [6.45, 7) is 6.26. The van der Waals surface area contributed by atoms with E-state index in [4.69, 9.17) is 14.2 Å². The molecular formula is C19H28N2O7S. The first-order valence-electron chi connectivity index (χ1n) is 9.12. The highest BCUT2D eigenvalue weighted by Gasteiger charge is 2.31. The van der Waals surface area contributed by atoms with Crippen LogP contribution in [0.4, 0.5) is 10.5 Å². The van der Waals surface area contributed by atoms with Crippen molar-refractivity contribution in [1.29, 1.82) is 0 Å². The number of hydrogen-bond acceptors (Lipinski definition) is 7. The second kappa shape index (κ2) is 8.48. The number of methoxy groups -OCH3 is 1. The highest BCUT2D eigenvalue weighted by atomic mass is 32.2. The summed E-state index contributed by atoms with van der Waals surface area (Å²) in [7, 11) is -1.03. The lowest BCUT2D eigenvalue weighted by Crippen LogP contribution is -2.36. The van der Waals surface area contributed by atoms with Crippen LogP contribution in [0.3, 0.4) is 0 Å². The van der Waals surface area contributed by atoms with Crippen molar-refractivity contribution < 1.29 is 32.2 Å². The Hall–Kier alpha value is -2.49. The Labute approximate surface area is 171 Å². The van der Waals surface area contributed by atoms with Crippen LogP contribution in [-0.2, 0) is 19.5 Å². The van der Waals surface area contributed by atoms with E-state index in [-0.39, 0.29) is 17.4 Å². The second-order valence-electron chi connectivity index (χ2n) is 7.86. The molecule has 1 atom stereocenters. The Kier molecular flexibility index (Phi) is 6.67. The number of esters is 1.